The summed E-state index contributed by atoms with van der Waals surface area (Å²) < 4.78 is 37.7. The van der Waals surface area contributed by atoms with Gasteiger partial charge in [0.2, 0.25) is 0 Å². The highest BCUT2D eigenvalue weighted by molar-refractivity contribution is 6.08. The Morgan fingerprint density at radius 1 is 1.23 bits per heavy atom. The van der Waals surface area contributed by atoms with Gasteiger partial charge in [-0.05, 0) is 24.3 Å². The molecular weight excluding hydrogens is 293 g/mol. The standard InChI is InChI=1S/C15H19F3N4/c1-19-13-7-8-21-9-12(13)14(20-2)22-11-5-3-10(4-6-11)15(16,17)18/h3-6,19,21H,7-9H2,1-2H3,(H,20,22). The van der Waals surface area contributed by atoms with Gasteiger partial charge in [-0.15, -0.1) is 0 Å². The van der Waals surface area contributed by atoms with Gasteiger partial charge >= 0.3 is 6.18 Å². The van der Waals surface area contributed by atoms with Gasteiger partial charge in [0.25, 0.3) is 0 Å². The molecule has 1 heterocycles. The van der Waals surface area contributed by atoms with E-state index >= 15 is 0 Å². The van der Waals surface area contributed by atoms with Crippen molar-refractivity contribution in [2.75, 3.05) is 32.5 Å². The van der Waals surface area contributed by atoms with Crippen molar-refractivity contribution in [3.05, 3.63) is 41.1 Å². The first-order chi connectivity index (χ1) is 10.5. The number of hydrogen-bond acceptors (Lipinski definition) is 3. The van der Waals surface area contributed by atoms with E-state index in [2.05, 4.69) is 20.9 Å². The molecule has 0 bridgehead atoms. The predicted octanol–water partition coefficient (Wildman–Crippen LogP) is 2.61. The minimum absolute atomic E-state index is 0.571. The van der Waals surface area contributed by atoms with E-state index in [-0.39, 0.29) is 0 Å². The molecule has 3 N–H and O–H groups in total. The van der Waals surface area contributed by atoms with E-state index < -0.39 is 11.7 Å². The predicted molar refractivity (Wildman–Crippen MR) is 82.0 cm³/mol. The largest absolute Gasteiger partial charge is 0.416 e. The summed E-state index contributed by atoms with van der Waals surface area (Å²) in [6.07, 6.45) is -3.46. The second kappa shape index (κ2) is 6.83. The van der Waals surface area contributed by atoms with Crippen molar-refractivity contribution < 1.29 is 13.2 Å². The molecule has 1 aromatic carbocycles. The molecule has 0 aliphatic carbocycles. The van der Waals surface area contributed by atoms with Crippen LogP contribution in [0.2, 0.25) is 0 Å². The number of nitrogens with zero attached hydrogens (tertiary/aromatic N) is 1. The van der Waals surface area contributed by atoms with Crippen LogP contribution in [0.1, 0.15) is 12.0 Å². The van der Waals surface area contributed by atoms with Crippen molar-refractivity contribution >= 4 is 11.5 Å². The van der Waals surface area contributed by atoms with Crippen molar-refractivity contribution in [3.8, 4) is 0 Å². The first-order valence-corrected chi connectivity index (χ1v) is 6.97. The zero-order valence-electron chi connectivity index (χ0n) is 12.5. The van der Waals surface area contributed by atoms with Gasteiger partial charge < -0.3 is 16.0 Å². The quantitative estimate of drug-likeness (QED) is 0.594. The van der Waals surface area contributed by atoms with Crippen molar-refractivity contribution in [2.45, 2.75) is 12.6 Å². The molecule has 0 amide bonds. The fraction of sp³-hybridized carbons (Fsp3) is 0.400. The smallest absolute Gasteiger partial charge is 0.391 e. The Morgan fingerprint density at radius 3 is 2.45 bits per heavy atom. The Balaban J connectivity index is 2.19. The molecule has 120 valence electrons. The number of anilines is 1. The Labute approximate surface area is 127 Å². The van der Waals surface area contributed by atoms with Crippen LogP contribution in [0, 0.1) is 0 Å². The summed E-state index contributed by atoms with van der Waals surface area (Å²) in [4.78, 5) is 4.22. The summed E-state index contributed by atoms with van der Waals surface area (Å²) >= 11 is 0. The first kappa shape index (κ1) is 16.4. The molecule has 0 radical (unpaired) electrons. The maximum absolute atomic E-state index is 12.6. The Hall–Kier alpha value is -2.02. The average molecular weight is 312 g/mol. The number of rotatable bonds is 3. The van der Waals surface area contributed by atoms with Gasteiger partial charge in [0.15, 0.2) is 0 Å². The van der Waals surface area contributed by atoms with E-state index in [4.69, 9.17) is 0 Å². The topological polar surface area (TPSA) is 48.5 Å². The molecule has 0 unspecified atom stereocenters. The van der Waals surface area contributed by atoms with Crippen LogP contribution in [-0.4, -0.2) is 33.0 Å². The van der Waals surface area contributed by atoms with Crippen LogP contribution in [0.25, 0.3) is 0 Å². The lowest BCUT2D eigenvalue weighted by Gasteiger charge is -2.23. The fourth-order valence-electron chi connectivity index (χ4n) is 2.33. The SMILES string of the molecule is CN=C(Nc1ccc(C(F)(F)F)cc1)C1=C(NC)CCNC1. The van der Waals surface area contributed by atoms with Crippen LogP contribution in [0.3, 0.4) is 0 Å². The minimum Gasteiger partial charge on any atom is -0.391 e. The fourth-order valence-corrected chi connectivity index (χ4v) is 2.33. The normalized spacial score (nSPS) is 16.7. The number of aliphatic imine (C=N–C) groups is 1. The number of nitrogens with one attached hydrogen (secondary N) is 3. The number of halogens is 3. The molecule has 4 nitrogen and oxygen atoms in total. The number of alkyl halides is 3. The number of hydrogen-bond donors (Lipinski definition) is 3. The maximum Gasteiger partial charge on any atom is 0.416 e. The van der Waals surface area contributed by atoms with Crippen LogP contribution >= 0.6 is 0 Å². The molecule has 0 fully saturated rings. The van der Waals surface area contributed by atoms with Crippen molar-refractivity contribution in [1.29, 1.82) is 0 Å². The molecule has 0 spiro atoms. The molecule has 2 rings (SSSR count). The highest BCUT2D eigenvalue weighted by Crippen LogP contribution is 2.30. The molecule has 0 aromatic heterocycles. The molecule has 0 saturated carbocycles. The van der Waals surface area contributed by atoms with Gasteiger partial charge in [-0.3, -0.25) is 4.99 Å². The molecule has 1 aliphatic rings. The Kier molecular flexibility index (Phi) is 5.07. The van der Waals surface area contributed by atoms with Crippen LogP contribution in [0.15, 0.2) is 40.5 Å². The highest BCUT2D eigenvalue weighted by atomic mass is 19.4. The summed E-state index contributed by atoms with van der Waals surface area (Å²) in [6.45, 7) is 1.55. The van der Waals surface area contributed by atoms with E-state index in [0.717, 1.165) is 36.4 Å². The Bertz CT molecular complexity index is 573. The van der Waals surface area contributed by atoms with Crippen molar-refractivity contribution in [2.24, 2.45) is 4.99 Å². The minimum atomic E-state index is -4.32. The van der Waals surface area contributed by atoms with E-state index in [9.17, 15) is 13.2 Å². The van der Waals surface area contributed by atoms with Crippen molar-refractivity contribution in [3.63, 3.8) is 0 Å². The zero-order valence-corrected chi connectivity index (χ0v) is 12.5. The van der Waals surface area contributed by atoms with Gasteiger partial charge in [0.1, 0.15) is 5.84 Å². The van der Waals surface area contributed by atoms with Gasteiger partial charge in [0, 0.05) is 50.6 Å². The molecule has 7 heteroatoms. The lowest BCUT2D eigenvalue weighted by atomic mass is 10.1. The lowest BCUT2D eigenvalue weighted by Crippen LogP contribution is -2.34. The van der Waals surface area contributed by atoms with Crippen LogP contribution in [0.5, 0.6) is 0 Å². The number of amidine groups is 1. The summed E-state index contributed by atoms with van der Waals surface area (Å²) in [5, 5.41) is 9.50. The molecule has 1 aromatic rings. The van der Waals surface area contributed by atoms with E-state index in [1.54, 1.807) is 7.05 Å². The number of benzene rings is 1. The molecule has 0 atom stereocenters. The van der Waals surface area contributed by atoms with Crippen LogP contribution < -0.4 is 16.0 Å². The maximum atomic E-state index is 12.6. The highest BCUT2D eigenvalue weighted by Gasteiger charge is 2.30. The third kappa shape index (κ3) is 3.79. The molecule has 0 saturated heterocycles. The van der Waals surface area contributed by atoms with Crippen LogP contribution in [-0.2, 0) is 6.18 Å². The molecule has 1 aliphatic heterocycles. The molecular formula is C15H19F3N4. The Morgan fingerprint density at radius 2 is 1.91 bits per heavy atom. The van der Waals surface area contributed by atoms with E-state index in [1.807, 2.05) is 7.05 Å². The van der Waals surface area contributed by atoms with Gasteiger partial charge in [0.05, 0.1) is 5.56 Å². The third-order valence-electron chi connectivity index (χ3n) is 3.50. The summed E-state index contributed by atoms with van der Waals surface area (Å²) in [7, 11) is 3.51. The lowest BCUT2D eigenvalue weighted by molar-refractivity contribution is -0.137. The monoisotopic (exact) mass is 312 g/mol. The summed E-state index contributed by atoms with van der Waals surface area (Å²) in [5.74, 6) is 0.649. The van der Waals surface area contributed by atoms with E-state index in [0.29, 0.717) is 18.1 Å². The third-order valence-corrected chi connectivity index (χ3v) is 3.50. The summed E-state index contributed by atoms with van der Waals surface area (Å²) in [5.41, 5.74) is 1.99. The average Bonchev–Trinajstić information content (AvgIpc) is 2.52. The van der Waals surface area contributed by atoms with Crippen LogP contribution in [0.4, 0.5) is 18.9 Å². The zero-order chi connectivity index (χ0) is 16.2. The first-order valence-electron chi connectivity index (χ1n) is 6.97. The second-order valence-electron chi connectivity index (χ2n) is 4.91. The van der Waals surface area contributed by atoms with Crippen molar-refractivity contribution in [1.82, 2.24) is 10.6 Å². The van der Waals surface area contributed by atoms with Gasteiger partial charge in [-0.25, -0.2) is 0 Å². The van der Waals surface area contributed by atoms with E-state index in [1.165, 1.54) is 12.1 Å². The molecule has 22 heavy (non-hydrogen) atoms. The summed E-state index contributed by atoms with van der Waals surface area (Å²) in [6, 6.07) is 4.93. The van der Waals surface area contributed by atoms with Gasteiger partial charge in [-0.2, -0.15) is 13.2 Å². The second-order valence-corrected chi connectivity index (χ2v) is 4.91. The van der Waals surface area contributed by atoms with Gasteiger partial charge in [-0.1, -0.05) is 0 Å².